The van der Waals surface area contributed by atoms with Gasteiger partial charge in [-0.05, 0) is 37.9 Å². The van der Waals surface area contributed by atoms with Crippen LogP contribution in [0.5, 0.6) is 5.75 Å². The fraction of sp³-hybridized carbons (Fsp3) is 0.400. The van der Waals surface area contributed by atoms with Gasteiger partial charge in [0.15, 0.2) is 0 Å². The maximum Gasteiger partial charge on any atom is 0.123 e. The van der Waals surface area contributed by atoms with Crippen LogP contribution in [0.1, 0.15) is 35.6 Å². The van der Waals surface area contributed by atoms with E-state index in [1.807, 2.05) is 12.1 Å². The van der Waals surface area contributed by atoms with Crippen LogP contribution in [0.15, 0.2) is 48.5 Å². The summed E-state index contributed by atoms with van der Waals surface area (Å²) >= 11 is 0. The molecule has 0 spiro atoms. The van der Waals surface area contributed by atoms with Crippen molar-refractivity contribution in [1.82, 2.24) is 10.6 Å². The molecule has 0 saturated carbocycles. The molecule has 3 nitrogen and oxygen atoms in total. The third-order valence-corrected chi connectivity index (χ3v) is 4.64. The Hall–Kier alpha value is -1.84. The molecular weight excluding hydrogens is 284 g/mol. The van der Waals surface area contributed by atoms with Crippen LogP contribution in [0.2, 0.25) is 0 Å². The zero-order chi connectivity index (χ0) is 16.1. The third kappa shape index (κ3) is 3.92. The minimum atomic E-state index is 0.374. The van der Waals surface area contributed by atoms with Crippen LogP contribution in [-0.4, -0.2) is 19.7 Å². The van der Waals surface area contributed by atoms with Gasteiger partial charge in [-0.2, -0.15) is 0 Å². The molecule has 0 aliphatic carbocycles. The summed E-state index contributed by atoms with van der Waals surface area (Å²) in [7, 11) is 1.73. The van der Waals surface area contributed by atoms with E-state index >= 15 is 0 Å². The molecule has 0 aromatic heterocycles. The molecule has 1 heterocycles. The normalized spacial score (nSPS) is 21.1. The SMILES string of the molecule is COc1ccccc1CNC1CCCNC1c1ccc(C)cc1. The van der Waals surface area contributed by atoms with Crippen molar-refractivity contribution in [2.75, 3.05) is 13.7 Å². The second-order valence-corrected chi connectivity index (χ2v) is 6.28. The van der Waals surface area contributed by atoms with Crippen LogP contribution in [0.4, 0.5) is 0 Å². The lowest BCUT2D eigenvalue weighted by Crippen LogP contribution is -2.45. The van der Waals surface area contributed by atoms with Gasteiger partial charge >= 0.3 is 0 Å². The van der Waals surface area contributed by atoms with E-state index in [0.29, 0.717) is 12.1 Å². The van der Waals surface area contributed by atoms with E-state index in [0.717, 1.165) is 18.8 Å². The van der Waals surface area contributed by atoms with Crippen molar-refractivity contribution in [3.05, 3.63) is 65.2 Å². The van der Waals surface area contributed by atoms with E-state index in [2.05, 4.69) is 54.0 Å². The van der Waals surface area contributed by atoms with Crippen molar-refractivity contribution < 1.29 is 4.74 Å². The molecule has 1 aliphatic heterocycles. The van der Waals surface area contributed by atoms with Gasteiger partial charge in [0.2, 0.25) is 0 Å². The number of piperidine rings is 1. The highest BCUT2D eigenvalue weighted by Gasteiger charge is 2.25. The van der Waals surface area contributed by atoms with E-state index in [9.17, 15) is 0 Å². The highest BCUT2D eigenvalue weighted by molar-refractivity contribution is 5.33. The number of rotatable bonds is 5. The molecule has 0 bridgehead atoms. The zero-order valence-electron chi connectivity index (χ0n) is 14.0. The quantitative estimate of drug-likeness (QED) is 0.885. The van der Waals surface area contributed by atoms with Gasteiger partial charge in [0.25, 0.3) is 0 Å². The minimum absolute atomic E-state index is 0.374. The van der Waals surface area contributed by atoms with Gasteiger partial charge < -0.3 is 15.4 Å². The van der Waals surface area contributed by atoms with Crippen molar-refractivity contribution >= 4 is 0 Å². The third-order valence-electron chi connectivity index (χ3n) is 4.64. The second kappa shape index (κ2) is 7.62. The molecule has 2 aromatic rings. The van der Waals surface area contributed by atoms with Crippen LogP contribution in [0.3, 0.4) is 0 Å². The van der Waals surface area contributed by atoms with Crippen molar-refractivity contribution in [1.29, 1.82) is 0 Å². The fourth-order valence-electron chi connectivity index (χ4n) is 3.32. The lowest BCUT2D eigenvalue weighted by atomic mass is 9.91. The van der Waals surface area contributed by atoms with Crippen molar-refractivity contribution in [2.24, 2.45) is 0 Å². The summed E-state index contributed by atoms with van der Waals surface area (Å²) in [5.74, 6) is 0.954. The summed E-state index contributed by atoms with van der Waals surface area (Å²) < 4.78 is 5.45. The molecule has 3 heteroatoms. The first-order valence-corrected chi connectivity index (χ1v) is 8.43. The first-order valence-electron chi connectivity index (χ1n) is 8.43. The van der Waals surface area contributed by atoms with Gasteiger partial charge in [0.1, 0.15) is 5.75 Å². The molecule has 2 unspecified atom stereocenters. The second-order valence-electron chi connectivity index (χ2n) is 6.28. The van der Waals surface area contributed by atoms with Crippen molar-refractivity contribution in [3.8, 4) is 5.75 Å². The van der Waals surface area contributed by atoms with Gasteiger partial charge in [-0.15, -0.1) is 0 Å². The van der Waals surface area contributed by atoms with Crippen LogP contribution in [0, 0.1) is 6.92 Å². The molecule has 2 N–H and O–H groups in total. The number of nitrogens with one attached hydrogen (secondary N) is 2. The predicted octanol–water partition coefficient (Wildman–Crippen LogP) is 3.59. The Morgan fingerprint density at radius 1 is 1.13 bits per heavy atom. The average Bonchev–Trinajstić information content (AvgIpc) is 2.61. The van der Waals surface area contributed by atoms with E-state index in [1.165, 1.54) is 29.5 Å². The maximum atomic E-state index is 5.45. The topological polar surface area (TPSA) is 33.3 Å². The van der Waals surface area contributed by atoms with E-state index in [-0.39, 0.29) is 0 Å². The molecule has 1 saturated heterocycles. The van der Waals surface area contributed by atoms with E-state index in [4.69, 9.17) is 4.74 Å². The first kappa shape index (κ1) is 16.0. The molecule has 1 fully saturated rings. The molecule has 2 atom stereocenters. The Kier molecular flexibility index (Phi) is 5.31. The largest absolute Gasteiger partial charge is 0.496 e. The Morgan fingerprint density at radius 2 is 1.91 bits per heavy atom. The minimum Gasteiger partial charge on any atom is -0.496 e. The Morgan fingerprint density at radius 3 is 2.70 bits per heavy atom. The number of benzene rings is 2. The van der Waals surface area contributed by atoms with E-state index < -0.39 is 0 Å². The maximum absolute atomic E-state index is 5.45. The summed E-state index contributed by atoms with van der Waals surface area (Å²) in [6.45, 7) is 4.06. The van der Waals surface area contributed by atoms with Crippen LogP contribution in [0.25, 0.3) is 0 Å². The lowest BCUT2D eigenvalue weighted by Gasteiger charge is -2.34. The highest BCUT2D eigenvalue weighted by Crippen LogP contribution is 2.25. The van der Waals surface area contributed by atoms with Gasteiger partial charge in [0.05, 0.1) is 7.11 Å². The van der Waals surface area contributed by atoms with Gasteiger partial charge in [-0.1, -0.05) is 48.0 Å². The number of ether oxygens (including phenoxy) is 1. The zero-order valence-corrected chi connectivity index (χ0v) is 14.0. The van der Waals surface area contributed by atoms with Gasteiger partial charge in [0, 0.05) is 24.2 Å². The summed E-state index contributed by atoms with van der Waals surface area (Å²) in [5.41, 5.74) is 3.89. The molecule has 23 heavy (non-hydrogen) atoms. The summed E-state index contributed by atoms with van der Waals surface area (Å²) in [5, 5.41) is 7.41. The van der Waals surface area contributed by atoms with Crippen molar-refractivity contribution in [2.45, 2.75) is 38.4 Å². The average molecular weight is 310 g/mol. The Bertz CT molecular complexity index is 624. The number of methoxy groups -OCH3 is 1. The van der Waals surface area contributed by atoms with E-state index in [1.54, 1.807) is 7.11 Å². The van der Waals surface area contributed by atoms with Crippen LogP contribution >= 0.6 is 0 Å². The van der Waals surface area contributed by atoms with Crippen molar-refractivity contribution in [3.63, 3.8) is 0 Å². The fourth-order valence-corrected chi connectivity index (χ4v) is 3.32. The first-order chi connectivity index (χ1) is 11.3. The van der Waals surface area contributed by atoms with Gasteiger partial charge in [-0.25, -0.2) is 0 Å². The Balaban J connectivity index is 1.70. The lowest BCUT2D eigenvalue weighted by molar-refractivity contribution is 0.303. The molecule has 1 aliphatic rings. The molecular formula is C20H26N2O. The molecule has 3 rings (SSSR count). The van der Waals surface area contributed by atoms with Gasteiger partial charge in [-0.3, -0.25) is 0 Å². The van der Waals surface area contributed by atoms with Crippen LogP contribution < -0.4 is 15.4 Å². The number of para-hydroxylation sites is 1. The van der Waals surface area contributed by atoms with Crippen LogP contribution in [-0.2, 0) is 6.54 Å². The number of hydrogen-bond acceptors (Lipinski definition) is 3. The molecule has 122 valence electrons. The number of aryl methyl sites for hydroxylation is 1. The number of hydrogen-bond donors (Lipinski definition) is 2. The summed E-state index contributed by atoms with van der Waals surface area (Å²) in [6, 6.07) is 17.9. The highest BCUT2D eigenvalue weighted by atomic mass is 16.5. The molecule has 2 aromatic carbocycles. The molecule has 0 amide bonds. The summed E-state index contributed by atoms with van der Waals surface area (Å²) in [6.07, 6.45) is 2.41. The summed E-state index contributed by atoms with van der Waals surface area (Å²) in [4.78, 5) is 0. The smallest absolute Gasteiger partial charge is 0.123 e. The monoisotopic (exact) mass is 310 g/mol. The standard InChI is InChI=1S/C20H26N2O/c1-15-9-11-16(12-10-15)20-18(7-5-13-21-20)22-14-17-6-3-4-8-19(17)23-2/h3-4,6,8-12,18,20-22H,5,7,13-14H2,1-2H3. The predicted molar refractivity (Wildman–Crippen MR) is 94.8 cm³/mol. The molecule has 0 radical (unpaired) electrons. The Labute approximate surface area is 139 Å².